The molecule has 0 unspecified atom stereocenters. The van der Waals surface area contributed by atoms with E-state index in [0.29, 0.717) is 35.0 Å². The minimum atomic E-state index is -0.247. The van der Waals surface area contributed by atoms with Crippen molar-refractivity contribution >= 4 is 17.8 Å². The molecular formula is C18H20N8O2. The van der Waals surface area contributed by atoms with Crippen LogP contribution in [0.1, 0.15) is 40.8 Å². The largest absolute Gasteiger partial charge is 0.368 e. The van der Waals surface area contributed by atoms with Crippen molar-refractivity contribution in [3.8, 4) is 11.4 Å². The number of nitrogens with one attached hydrogen (secondary N) is 1. The van der Waals surface area contributed by atoms with Crippen LogP contribution in [0.2, 0.25) is 0 Å². The van der Waals surface area contributed by atoms with Gasteiger partial charge in [0.15, 0.2) is 5.82 Å². The van der Waals surface area contributed by atoms with Crippen LogP contribution in [0.4, 0.5) is 11.9 Å². The van der Waals surface area contributed by atoms with Gasteiger partial charge in [-0.2, -0.15) is 19.9 Å². The van der Waals surface area contributed by atoms with Gasteiger partial charge < -0.3 is 20.5 Å². The molecule has 4 rings (SSSR count). The molecule has 1 aliphatic carbocycles. The topological polar surface area (TPSA) is 136 Å². The third-order valence-electron chi connectivity index (χ3n) is 4.27. The van der Waals surface area contributed by atoms with E-state index in [4.69, 9.17) is 10.3 Å². The van der Waals surface area contributed by atoms with Crippen molar-refractivity contribution in [1.29, 1.82) is 0 Å². The molecule has 0 aliphatic heterocycles. The number of rotatable bonds is 6. The van der Waals surface area contributed by atoms with Gasteiger partial charge in [0.25, 0.3) is 5.91 Å². The number of hydrogen-bond acceptors (Lipinski definition) is 9. The van der Waals surface area contributed by atoms with Crippen LogP contribution in [-0.2, 0) is 6.54 Å². The Labute approximate surface area is 161 Å². The van der Waals surface area contributed by atoms with Crippen LogP contribution < -0.4 is 16.0 Å². The Balaban J connectivity index is 1.41. The van der Waals surface area contributed by atoms with Gasteiger partial charge in [0.05, 0.1) is 6.54 Å². The maximum Gasteiger partial charge on any atom is 0.251 e. The molecule has 0 bridgehead atoms. The van der Waals surface area contributed by atoms with E-state index in [0.717, 1.165) is 18.4 Å². The number of carbonyl (C=O) groups excluding carboxylic acids is 1. The maximum atomic E-state index is 12.4. The first-order valence-electron chi connectivity index (χ1n) is 8.89. The second-order valence-electron chi connectivity index (χ2n) is 6.79. The second-order valence-corrected chi connectivity index (χ2v) is 6.79. The lowest BCUT2D eigenvalue weighted by Gasteiger charge is -2.11. The van der Waals surface area contributed by atoms with Crippen molar-refractivity contribution in [3.63, 3.8) is 0 Å². The summed E-state index contributed by atoms with van der Waals surface area (Å²) in [6.07, 6.45) is 2.20. The van der Waals surface area contributed by atoms with Gasteiger partial charge in [0.1, 0.15) is 0 Å². The molecule has 1 fully saturated rings. The maximum absolute atomic E-state index is 12.4. The molecule has 0 atom stereocenters. The average molecular weight is 380 g/mol. The van der Waals surface area contributed by atoms with Gasteiger partial charge in [-0.15, -0.1) is 0 Å². The number of anilines is 2. The minimum Gasteiger partial charge on any atom is -0.368 e. The molecule has 0 saturated heterocycles. The summed E-state index contributed by atoms with van der Waals surface area (Å²) in [5, 5.41) is 6.78. The van der Waals surface area contributed by atoms with E-state index in [1.165, 1.54) is 0 Å². The summed E-state index contributed by atoms with van der Waals surface area (Å²) in [5.41, 5.74) is 6.99. The van der Waals surface area contributed by atoms with Gasteiger partial charge in [-0.1, -0.05) is 17.3 Å². The molecule has 1 amide bonds. The molecule has 10 nitrogen and oxygen atoms in total. The molecule has 0 radical (unpaired) electrons. The molecule has 3 N–H and O–H groups in total. The fourth-order valence-corrected chi connectivity index (χ4v) is 2.58. The first-order valence-corrected chi connectivity index (χ1v) is 8.89. The van der Waals surface area contributed by atoms with Crippen molar-refractivity contribution in [3.05, 3.63) is 41.5 Å². The van der Waals surface area contributed by atoms with E-state index in [9.17, 15) is 4.79 Å². The van der Waals surface area contributed by atoms with Crippen LogP contribution in [0, 0.1) is 0 Å². The van der Waals surface area contributed by atoms with Crippen molar-refractivity contribution in [2.24, 2.45) is 0 Å². The fourth-order valence-electron chi connectivity index (χ4n) is 2.58. The molecule has 28 heavy (non-hydrogen) atoms. The van der Waals surface area contributed by atoms with Crippen LogP contribution in [0.25, 0.3) is 11.4 Å². The van der Waals surface area contributed by atoms with E-state index in [-0.39, 0.29) is 18.4 Å². The zero-order chi connectivity index (χ0) is 19.7. The number of amides is 1. The molecular weight excluding hydrogens is 360 g/mol. The summed E-state index contributed by atoms with van der Waals surface area (Å²) in [5.74, 6) is 2.31. The SMILES string of the molecule is CN(C)c1nc(N)nc(CNC(=O)c2ccc(-c3noc(C4CC4)n3)cc2)n1. The van der Waals surface area contributed by atoms with Crippen molar-refractivity contribution < 1.29 is 9.32 Å². The fraction of sp³-hybridized carbons (Fsp3) is 0.333. The molecule has 0 spiro atoms. The highest BCUT2D eigenvalue weighted by Gasteiger charge is 2.29. The number of hydrogen-bond donors (Lipinski definition) is 2. The Kier molecular flexibility index (Phi) is 4.60. The van der Waals surface area contributed by atoms with Crippen molar-refractivity contribution in [2.75, 3.05) is 24.7 Å². The molecule has 2 aromatic heterocycles. The molecule has 10 heteroatoms. The first-order chi connectivity index (χ1) is 13.5. The minimum absolute atomic E-state index is 0.109. The van der Waals surface area contributed by atoms with Gasteiger partial charge >= 0.3 is 0 Å². The zero-order valence-corrected chi connectivity index (χ0v) is 15.6. The van der Waals surface area contributed by atoms with Crippen LogP contribution >= 0.6 is 0 Å². The third kappa shape index (κ3) is 3.90. The molecule has 2 heterocycles. The third-order valence-corrected chi connectivity index (χ3v) is 4.27. The highest BCUT2D eigenvalue weighted by atomic mass is 16.5. The van der Waals surface area contributed by atoms with Gasteiger partial charge in [0.2, 0.25) is 23.6 Å². The zero-order valence-electron chi connectivity index (χ0n) is 15.6. The predicted octanol–water partition coefficient (Wildman–Crippen LogP) is 1.38. The van der Waals surface area contributed by atoms with Gasteiger partial charge in [0, 0.05) is 31.1 Å². The summed E-state index contributed by atoms with van der Waals surface area (Å²) >= 11 is 0. The Hall–Kier alpha value is -3.56. The van der Waals surface area contributed by atoms with E-state index < -0.39 is 0 Å². The summed E-state index contributed by atoms with van der Waals surface area (Å²) in [6.45, 7) is 0.143. The number of carbonyl (C=O) groups is 1. The van der Waals surface area contributed by atoms with Crippen molar-refractivity contribution in [1.82, 2.24) is 30.4 Å². The van der Waals surface area contributed by atoms with Crippen molar-refractivity contribution in [2.45, 2.75) is 25.3 Å². The van der Waals surface area contributed by atoms with Gasteiger partial charge in [-0.3, -0.25) is 4.79 Å². The lowest BCUT2D eigenvalue weighted by atomic mass is 10.1. The van der Waals surface area contributed by atoms with Crippen LogP contribution in [0.5, 0.6) is 0 Å². The van der Waals surface area contributed by atoms with E-state index in [1.807, 2.05) is 0 Å². The predicted molar refractivity (Wildman–Crippen MR) is 101 cm³/mol. The molecule has 3 aromatic rings. The van der Waals surface area contributed by atoms with Gasteiger partial charge in [-0.05, 0) is 25.0 Å². The Bertz CT molecular complexity index is 995. The Morgan fingerprint density at radius 2 is 1.93 bits per heavy atom. The summed E-state index contributed by atoms with van der Waals surface area (Å²) in [6, 6.07) is 7.01. The number of nitrogen functional groups attached to an aromatic ring is 1. The smallest absolute Gasteiger partial charge is 0.251 e. The van der Waals surface area contributed by atoms with Gasteiger partial charge in [-0.25, -0.2) is 0 Å². The monoisotopic (exact) mass is 380 g/mol. The lowest BCUT2D eigenvalue weighted by molar-refractivity contribution is 0.0950. The summed E-state index contributed by atoms with van der Waals surface area (Å²) < 4.78 is 5.27. The molecule has 1 saturated carbocycles. The quantitative estimate of drug-likeness (QED) is 0.649. The van der Waals surface area contributed by atoms with E-state index in [2.05, 4.69) is 30.4 Å². The number of nitrogens with two attached hydrogens (primary N) is 1. The van der Waals surface area contributed by atoms with E-state index >= 15 is 0 Å². The van der Waals surface area contributed by atoms with Crippen LogP contribution in [0.3, 0.4) is 0 Å². The van der Waals surface area contributed by atoms with E-state index in [1.54, 1.807) is 43.3 Å². The first kappa shape index (κ1) is 17.8. The summed E-state index contributed by atoms with van der Waals surface area (Å²) in [4.78, 5) is 30.8. The molecule has 1 aliphatic rings. The van der Waals surface area contributed by atoms with Crippen LogP contribution in [-0.4, -0.2) is 45.1 Å². The normalized spacial score (nSPS) is 13.4. The highest BCUT2D eigenvalue weighted by molar-refractivity contribution is 5.94. The number of aromatic nitrogens is 5. The summed E-state index contributed by atoms with van der Waals surface area (Å²) in [7, 11) is 3.60. The molecule has 144 valence electrons. The number of nitrogens with zero attached hydrogens (tertiary/aromatic N) is 6. The lowest BCUT2D eigenvalue weighted by Crippen LogP contribution is -2.25. The average Bonchev–Trinajstić information content (AvgIpc) is 3.42. The highest BCUT2D eigenvalue weighted by Crippen LogP contribution is 2.39. The standard InChI is InChI=1S/C18H20N8O2/c1-26(2)18-22-13(21-17(19)24-18)9-20-15(27)11-5-3-10(4-6-11)14-23-16(28-25-14)12-7-8-12/h3-6,12H,7-9H2,1-2H3,(H,20,27)(H2,19,21,22,24). The Morgan fingerprint density at radius 1 is 1.18 bits per heavy atom. The molecule has 1 aromatic carbocycles. The Morgan fingerprint density at radius 3 is 2.61 bits per heavy atom. The second kappa shape index (κ2) is 7.22. The number of benzene rings is 1. The van der Waals surface area contributed by atoms with Crippen LogP contribution in [0.15, 0.2) is 28.8 Å².